The second kappa shape index (κ2) is 7.14. The molecule has 2 aromatic rings. The molecular weight excluding hydrogens is 345 g/mol. The van der Waals surface area contributed by atoms with E-state index in [4.69, 9.17) is 27.9 Å². The average Bonchev–Trinajstić information content (AvgIpc) is 2.53. The Morgan fingerprint density at radius 3 is 2.50 bits per heavy atom. The molecule has 1 saturated heterocycles. The van der Waals surface area contributed by atoms with Crippen molar-refractivity contribution in [2.75, 3.05) is 19.7 Å². The van der Waals surface area contributed by atoms with Crippen molar-refractivity contribution >= 4 is 29.1 Å². The smallest absolute Gasteiger partial charge is 0.254 e. The molecule has 1 amide bonds. The minimum Gasteiger partial charge on any atom is -0.370 e. The van der Waals surface area contributed by atoms with Crippen molar-refractivity contribution in [2.45, 2.75) is 20.0 Å². The molecule has 0 radical (unpaired) electrons. The standard InChI is InChI=1S/C19H19Cl2NO2/c1-12-3-4-17(13(2)7-12)19(23)22-5-6-24-18(11-22)14-8-15(20)10-16(21)9-14/h3-4,7-10,18H,5-6,11H2,1-2H3. The zero-order chi connectivity index (χ0) is 17.3. The summed E-state index contributed by atoms with van der Waals surface area (Å²) in [6, 6.07) is 11.3. The lowest BCUT2D eigenvalue weighted by Gasteiger charge is -2.33. The molecule has 1 aliphatic rings. The summed E-state index contributed by atoms with van der Waals surface area (Å²) in [5.74, 6) is 0.0360. The maximum atomic E-state index is 12.9. The van der Waals surface area contributed by atoms with Crippen LogP contribution in [-0.2, 0) is 4.74 Å². The molecule has 0 spiro atoms. The number of rotatable bonds is 2. The molecule has 1 unspecified atom stereocenters. The van der Waals surface area contributed by atoms with Gasteiger partial charge < -0.3 is 9.64 Å². The number of hydrogen-bond donors (Lipinski definition) is 0. The molecule has 2 aromatic carbocycles. The molecule has 1 fully saturated rings. The van der Waals surface area contributed by atoms with Crippen LogP contribution < -0.4 is 0 Å². The van der Waals surface area contributed by atoms with E-state index in [1.165, 1.54) is 0 Å². The molecule has 5 heteroatoms. The summed E-state index contributed by atoms with van der Waals surface area (Å²) in [4.78, 5) is 14.7. The van der Waals surface area contributed by atoms with Gasteiger partial charge in [-0.1, -0.05) is 40.9 Å². The summed E-state index contributed by atoms with van der Waals surface area (Å²) < 4.78 is 5.83. The van der Waals surface area contributed by atoms with Gasteiger partial charge in [0.25, 0.3) is 5.91 Å². The molecule has 0 bridgehead atoms. The number of nitrogens with zero attached hydrogens (tertiary/aromatic N) is 1. The second-order valence-corrected chi connectivity index (χ2v) is 7.00. The average molecular weight is 364 g/mol. The van der Waals surface area contributed by atoms with Crippen LogP contribution in [0.25, 0.3) is 0 Å². The van der Waals surface area contributed by atoms with Gasteiger partial charge in [0.05, 0.1) is 13.2 Å². The van der Waals surface area contributed by atoms with E-state index in [0.29, 0.717) is 29.7 Å². The lowest BCUT2D eigenvalue weighted by atomic mass is 10.0. The Bertz CT molecular complexity index is 756. The van der Waals surface area contributed by atoms with Gasteiger partial charge in [-0.25, -0.2) is 0 Å². The molecular formula is C19H19Cl2NO2. The number of hydrogen-bond acceptors (Lipinski definition) is 2. The number of morpholine rings is 1. The van der Waals surface area contributed by atoms with Crippen LogP contribution in [0.15, 0.2) is 36.4 Å². The van der Waals surface area contributed by atoms with Crippen molar-refractivity contribution in [1.29, 1.82) is 0 Å². The highest BCUT2D eigenvalue weighted by Gasteiger charge is 2.27. The highest BCUT2D eigenvalue weighted by Crippen LogP contribution is 2.28. The number of amides is 1. The molecule has 1 aliphatic heterocycles. The molecule has 3 nitrogen and oxygen atoms in total. The number of carbonyl (C=O) groups excluding carboxylic acids is 1. The number of halogens is 2. The normalized spacial score (nSPS) is 17.8. The maximum absolute atomic E-state index is 12.9. The Balaban J connectivity index is 1.81. The zero-order valence-electron chi connectivity index (χ0n) is 13.7. The summed E-state index contributed by atoms with van der Waals surface area (Å²) in [6.45, 7) is 5.55. The molecule has 24 heavy (non-hydrogen) atoms. The third-order valence-corrected chi connectivity index (χ3v) is 4.66. The molecule has 0 saturated carbocycles. The summed E-state index contributed by atoms with van der Waals surface area (Å²) in [7, 11) is 0. The van der Waals surface area contributed by atoms with E-state index in [2.05, 4.69) is 0 Å². The second-order valence-electron chi connectivity index (χ2n) is 6.13. The van der Waals surface area contributed by atoms with E-state index < -0.39 is 0 Å². The Kier molecular flexibility index (Phi) is 5.14. The van der Waals surface area contributed by atoms with Gasteiger partial charge in [-0.05, 0) is 49.2 Å². The molecule has 3 rings (SSSR count). The predicted octanol–water partition coefficient (Wildman–Crippen LogP) is 4.82. The minimum absolute atomic E-state index is 0.0360. The Morgan fingerprint density at radius 2 is 1.83 bits per heavy atom. The van der Waals surface area contributed by atoms with Gasteiger partial charge in [0, 0.05) is 22.2 Å². The van der Waals surface area contributed by atoms with Crippen LogP contribution in [0.5, 0.6) is 0 Å². The van der Waals surface area contributed by atoms with Crippen molar-refractivity contribution in [3.63, 3.8) is 0 Å². The number of benzene rings is 2. The first-order valence-corrected chi connectivity index (χ1v) is 8.64. The van der Waals surface area contributed by atoms with Crippen molar-refractivity contribution in [3.05, 3.63) is 68.7 Å². The maximum Gasteiger partial charge on any atom is 0.254 e. The van der Waals surface area contributed by atoms with Gasteiger partial charge in [-0.3, -0.25) is 4.79 Å². The van der Waals surface area contributed by atoms with Crippen LogP contribution in [-0.4, -0.2) is 30.5 Å². The summed E-state index contributed by atoms with van der Waals surface area (Å²) in [5.41, 5.74) is 3.78. The van der Waals surface area contributed by atoms with E-state index in [1.807, 2.05) is 49.1 Å². The number of aryl methyl sites for hydroxylation is 2. The van der Waals surface area contributed by atoms with Crippen molar-refractivity contribution < 1.29 is 9.53 Å². The van der Waals surface area contributed by atoms with Gasteiger partial charge in [0.15, 0.2) is 0 Å². The topological polar surface area (TPSA) is 29.5 Å². The molecule has 1 atom stereocenters. The van der Waals surface area contributed by atoms with Crippen LogP contribution in [0.4, 0.5) is 0 Å². The largest absolute Gasteiger partial charge is 0.370 e. The summed E-state index contributed by atoms with van der Waals surface area (Å²) in [5, 5.41) is 1.14. The monoisotopic (exact) mass is 363 g/mol. The molecule has 0 N–H and O–H groups in total. The van der Waals surface area contributed by atoms with Crippen LogP contribution in [0.3, 0.4) is 0 Å². The van der Waals surface area contributed by atoms with E-state index in [0.717, 1.165) is 22.3 Å². The predicted molar refractivity (Wildman–Crippen MR) is 97.0 cm³/mol. The fourth-order valence-corrected chi connectivity index (χ4v) is 3.56. The van der Waals surface area contributed by atoms with E-state index in [1.54, 1.807) is 6.07 Å². The highest BCUT2D eigenvalue weighted by molar-refractivity contribution is 6.34. The number of ether oxygens (including phenoxy) is 1. The van der Waals surface area contributed by atoms with E-state index in [9.17, 15) is 4.79 Å². The van der Waals surface area contributed by atoms with Crippen LogP contribution in [0.2, 0.25) is 10.0 Å². The van der Waals surface area contributed by atoms with Gasteiger partial charge in [-0.2, -0.15) is 0 Å². The van der Waals surface area contributed by atoms with E-state index in [-0.39, 0.29) is 12.0 Å². The van der Waals surface area contributed by atoms with Crippen LogP contribution in [0, 0.1) is 13.8 Å². The van der Waals surface area contributed by atoms with Crippen LogP contribution >= 0.6 is 23.2 Å². The zero-order valence-corrected chi connectivity index (χ0v) is 15.2. The fourth-order valence-electron chi connectivity index (χ4n) is 3.02. The first-order valence-electron chi connectivity index (χ1n) is 7.88. The van der Waals surface area contributed by atoms with Crippen molar-refractivity contribution in [3.8, 4) is 0 Å². The molecule has 0 aliphatic carbocycles. The number of carbonyl (C=O) groups is 1. The van der Waals surface area contributed by atoms with E-state index >= 15 is 0 Å². The first kappa shape index (κ1) is 17.3. The van der Waals surface area contributed by atoms with Crippen molar-refractivity contribution in [2.24, 2.45) is 0 Å². The molecule has 1 heterocycles. The third kappa shape index (κ3) is 3.75. The Morgan fingerprint density at radius 1 is 1.12 bits per heavy atom. The molecule has 126 valence electrons. The Labute approximate surface area is 152 Å². The van der Waals surface area contributed by atoms with Crippen molar-refractivity contribution in [1.82, 2.24) is 4.90 Å². The van der Waals surface area contributed by atoms with Gasteiger partial charge in [-0.15, -0.1) is 0 Å². The minimum atomic E-state index is -0.218. The Hall–Kier alpha value is -1.55. The third-order valence-electron chi connectivity index (χ3n) is 4.22. The van der Waals surface area contributed by atoms with Gasteiger partial charge in [0.1, 0.15) is 6.10 Å². The lowest BCUT2D eigenvalue weighted by molar-refractivity contribution is -0.0228. The van der Waals surface area contributed by atoms with Gasteiger partial charge >= 0.3 is 0 Å². The SMILES string of the molecule is Cc1ccc(C(=O)N2CCOC(c3cc(Cl)cc(Cl)c3)C2)c(C)c1. The summed E-state index contributed by atoms with van der Waals surface area (Å²) >= 11 is 12.2. The highest BCUT2D eigenvalue weighted by atomic mass is 35.5. The first-order chi connectivity index (χ1) is 11.4. The van der Waals surface area contributed by atoms with Gasteiger partial charge in [0.2, 0.25) is 0 Å². The van der Waals surface area contributed by atoms with Crippen LogP contribution in [0.1, 0.15) is 33.2 Å². The lowest BCUT2D eigenvalue weighted by Crippen LogP contribution is -2.42. The molecule has 0 aromatic heterocycles. The quantitative estimate of drug-likeness (QED) is 0.764. The fraction of sp³-hybridized carbons (Fsp3) is 0.316. The summed E-state index contributed by atoms with van der Waals surface area (Å²) in [6.07, 6.45) is -0.218.